The Balaban J connectivity index is 0.000000260. The van der Waals surface area contributed by atoms with Gasteiger partial charge in [0.05, 0.1) is 0 Å². The molecule has 0 aromatic heterocycles. The van der Waals surface area contributed by atoms with Gasteiger partial charge in [0.15, 0.2) is 0 Å². The van der Waals surface area contributed by atoms with Crippen LogP contribution in [0.3, 0.4) is 0 Å². The van der Waals surface area contributed by atoms with Crippen molar-refractivity contribution < 1.29 is 0 Å². The van der Waals surface area contributed by atoms with Gasteiger partial charge in [0, 0.05) is 32.2 Å². The van der Waals surface area contributed by atoms with Crippen molar-refractivity contribution in [3.8, 4) is 0 Å². The predicted octanol–water partition coefficient (Wildman–Crippen LogP) is 6.52. The topological polar surface area (TPSA) is 24.1 Å². The molecule has 0 bridgehead atoms. The van der Waals surface area contributed by atoms with Gasteiger partial charge in [0.25, 0.3) is 0 Å². The molecule has 0 spiro atoms. The zero-order chi connectivity index (χ0) is 19.8. The highest BCUT2D eigenvalue weighted by Crippen LogP contribution is 2.11. The van der Waals surface area contributed by atoms with E-state index in [1.165, 1.54) is 14.7 Å². The minimum absolute atomic E-state index is 0.188. The average Bonchev–Trinajstić information content (AvgIpc) is 2.53. The molecule has 4 heteroatoms. The zero-order valence-corrected chi connectivity index (χ0v) is 20.5. The van der Waals surface area contributed by atoms with Crippen molar-refractivity contribution >= 4 is 38.5 Å². The molecule has 144 valence electrons. The first-order valence-corrected chi connectivity index (χ1v) is 10.8. The molecular formula is C22H32BrIN2. The maximum absolute atomic E-state index is 3.46. The van der Waals surface area contributed by atoms with Crippen LogP contribution < -0.4 is 10.6 Å². The second-order valence-electron chi connectivity index (χ2n) is 8.46. The van der Waals surface area contributed by atoms with Gasteiger partial charge < -0.3 is 10.6 Å². The summed E-state index contributed by atoms with van der Waals surface area (Å²) in [5, 5.41) is 6.90. The van der Waals surface area contributed by atoms with E-state index in [0.29, 0.717) is 0 Å². The summed E-state index contributed by atoms with van der Waals surface area (Å²) in [5.74, 6) is 0. The van der Waals surface area contributed by atoms with Crippen LogP contribution in [0.4, 0.5) is 0 Å². The van der Waals surface area contributed by atoms with Gasteiger partial charge in [0.2, 0.25) is 0 Å². The van der Waals surface area contributed by atoms with Crippen LogP contribution in [0.15, 0.2) is 53.0 Å². The Morgan fingerprint density at radius 1 is 0.692 bits per heavy atom. The van der Waals surface area contributed by atoms with Gasteiger partial charge in [-0.2, -0.15) is 0 Å². The molecule has 0 amide bonds. The van der Waals surface area contributed by atoms with E-state index in [9.17, 15) is 0 Å². The molecule has 2 aromatic carbocycles. The van der Waals surface area contributed by atoms with Gasteiger partial charge in [-0.1, -0.05) is 40.2 Å². The van der Waals surface area contributed by atoms with E-state index in [1.807, 2.05) is 0 Å². The van der Waals surface area contributed by atoms with Crippen molar-refractivity contribution in [3.63, 3.8) is 0 Å². The Hall–Kier alpha value is -0.430. The summed E-state index contributed by atoms with van der Waals surface area (Å²) >= 11 is 5.74. The summed E-state index contributed by atoms with van der Waals surface area (Å²) in [4.78, 5) is 0. The monoisotopic (exact) mass is 530 g/mol. The third-order valence-electron chi connectivity index (χ3n) is 3.47. The molecule has 0 aliphatic heterocycles. The highest BCUT2D eigenvalue weighted by molar-refractivity contribution is 14.1. The lowest BCUT2D eigenvalue weighted by atomic mass is 10.1. The van der Waals surface area contributed by atoms with Gasteiger partial charge in [-0.05, 0) is 99.5 Å². The van der Waals surface area contributed by atoms with E-state index in [4.69, 9.17) is 0 Å². The molecule has 0 saturated heterocycles. The van der Waals surface area contributed by atoms with Crippen molar-refractivity contribution in [1.29, 1.82) is 0 Å². The number of hydrogen-bond acceptors (Lipinski definition) is 2. The summed E-state index contributed by atoms with van der Waals surface area (Å²) in [7, 11) is 0. The van der Waals surface area contributed by atoms with Crippen LogP contribution >= 0.6 is 38.5 Å². The Labute approximate surface area is 181 Å². The summed E-state index contributed by atoms with van der Waals surface area (Å²) in [6.45, 7) is 14.9. The second kappa shape index (κ2) is 10.8. The molecule has 2 rings (SSSR count). The van der Waals surface area contributed by atoms with E-state index in [0.717, 1.165) is 17.6 Å². The zero-order valence-electron chi connectivity index (χ0n) is 16.8. The Morgan fingerprint density at radius 3 is 1.38 bits per heavy atom. The van der Waals surface area contributed by atoms with Gasteiger partial charge in [-0.3, -0.25) is 0 Å². The minimum Gasteiger partial charge on any atom is -0.308 e. The molecule has 0 aliphatic rings. The highest BCUT2D eigenvalue weighted by atomic mass is 127. The number of nitrogens with one attached hydrogen (secondary N) is 2. The maximum Gasteiger partial charge on any atom is 0.0210 e. The van der Waals surface area contributed by atoms with Crippen molar-refractivity contribution in [2.75, 3.05) is 0 Å². The molecular weight excluding hydrogens is 499 g/mol. The van der Waals surface area contributed by atoms with Crippen LogP contribution in [0.2, 0.25) is 0 Å². The fraction of sp³-hybridized carbons (Fsp3) is 0.455. The Kier molecular flexibility index (Phi) is 9.80. The quantitative estimate of drug-likeness (QED) is 0.440. The highest BCUT2D eigenvalue weighted by Gasteiger charge is 2.08. The van der Waals surface area contributed by atoms with E-state index < -0.39 is 0 Å². The molecule has 2 aromatic rings. The SMILES string of the molecule is CC(C)(C)NCc1ccc(Br)cc1.CC(C)(C)NCc1ccc(I)cc1. The fourth-order valence-corrected chi connectivity index (χ4v) is 2.56. The maximum atomic E-state index is 3.46. The third-order valence-corrected chi connectivity index (χ3v) is 4.72. The lowest BCUT2D eigenvalue weighted by Gasteiger charge is -2.20. The summed E-state index contributed by atoms with van der Waals surface area (Å²) in [6.07, 6.45) is 0. The van der Waals surface area contributed by atoms with Crippen LogP contribution in [-0.2, 0) is 13.1 Å². The Morgan fingerprint density at radius 2 is 1.04 bits per heavy atom. The van der Waals surface area contributed by atoms with Crippen LogP contribution in [0, 0.1) is 3.57 Å². The smallest absolute Gasteiger partial charge is 0.0210 e. The Bertz CT molecular complexity index is 578. The first kappa shape index (κ1) is 23.6. The predicted molar refractivity (Wildman–Crippen MR) is 126 cm³/mol. The molecule has 0 aliphatic carbocycles. The number of benzene rings is 2. The molecule has 0 heterocycles. The fourth-order valence-electron chi connectivity index (χ4n) is 1.94. The van der Waals surface area contributed by atoms with E-state index in [2.05, 4.69) is 139 Å². The van der Waals surface area contributed by atoms with Crippen LogP contribution in [0.5, 0.6) is 0 Å². The molecule has 0 radical (unpaired) electrons. The molecule has 2 N–H and O–H groups in total. The standard InChI is InChI=1S/C11H16BrN.C11H16IN/c2*1-11(2,3)13-8-9-4-6-10(12)7-5-9/h2*4-7,13H,8H2,1-3H3. The van der Waals surface area contributed by atoms with Crippen molar-refractivity contribution in [1.82, 2.24) is 10.6 Å². The van der Waals surface area contributed by atoms with Gasteiger partial charge in [-0.15, -0.1) is 0 Å². The van der Waals surface area contributed by atoms with Crippen LogP contribution in [0.1, 0.15) is 52.7 Å². The van der Waals surface area contributed by atoms with Gasteiger partial charge in [0.1, 0.15) is 0 Å². The number of hydrogen-bond donors (Lipinski definition) is 2. The van der Waals surface area contributed by atoms with Crippen molar-refractivity contribution in [2.45, 2.75) is 65.7 Å². The first-order valence-electron chi connectivity index (χ1n) is 8.93. The van der Waals surface area contributed by atoms with Crippen molar-refractivity contribution in [2.24, 2.45) is 0 Å². The van der Waals surface area contributed by atoms with Crippen molar-refractivity contribution in [3.05, 3.63) is 67.7 Å². The van der Waals surface area contributed by atoms with E-state index in [1.54, 1.807) is 0 Å². The van der Waals surface area contributed by atoms with Gasteiger partial charge in [-0.25, -0.2) is 0 Å². The first-order chi connectivity index (χ1) is 11.9. The lowest BCUT2D eigenvalue weighted by molar-refractivity contribution is 0.424. The largest absolute Gasteiger partial charge is 0.308 e. The normalized spacial score (nSPS) is 11.7. The van der Waals surface area contributed by atoms with Crippen LogP contribution in [0.25, 0.3) is 0 Å². The van der Waals surface area contributed by atoms with Gasteiger partial charge >= 0.3 is 0 Å². The molecule has 0 atom stereocenters. The molecule has 0 saturated carbocycles. The third kappa shape index (κ3) is 12.0. The van der Waals surface area contributed by atoms with Crippen LogP contribution in [-0.4, -0.2) is 11.1 Å². The summed E-state index contributed by atoms with van der Waals surface area (Å²) in [6, 6.07) is 17.0. The number of halogens is 2. The average molecular weight is 531 g/mol. The second-order valence-corrected chi connectivity index (χ2v) is 10.6. The van der Waals surface area contributed by atoms with E-state index >= 15 is 0 Å². The summed E-state index contributed by atoms with van der Waals surface area (Å²) in [5.41, 5.74) is 3.05. The lowest BCUT2D eigenvalue weighted by Crippen LogP contribution is -2.35. The summed E-state index contributed by atoms with van der Waals surface area (Å²) < 4.78 is 2.42. The molecule has 0 fully saturated rings. The molecule has 2 nitrogen and oxygen atoms in total. The molecule has 26 heavy (non-hydrogen) atoms. The number of rotatable bonds is 4. The molecule has 0 unspecified atom stereocenters. The minimum atomic E-state index is 0.188. The van der Waals surface area contributed by atoms with E-state index in [-0.39, 0.29) is 11.1 Å².